The molecule has 0 bridgehead atoms. The highest BCUT2D eigenvalue weighted by Gasteiger charge is 2.18. The lowest BCUT2D eigenvalue weighted by atomic mass is 9.90. The van der Waals surface area contributed by atoms with Crippen molar-refractivity contribution >= 4 is 27.5 Å². The van der Waals surface area contributed by atoms with Crippen molar-refractivity contribution in [2.75, 3.05) is 5.33 Å². The largest absolute Gasteiger partial charge is 0.102 e. The molecule has 10 heavy (non-hydrogen) atoms. The van der Waals surface area contributed by atoms with E-state index in [2.05, 4.69) is 36.0 Å². The van der Waals surface area contributed by atoms with Gasteiger partial charge in [-0.3, -0.25) is 0 Å². The Bertz CT molecular complexity index is 142. The Balaban J connectivity index is 4.05. The lowest BCUT2D eigenvalue weighted by molar-refractivity contribution is 0.501. The predicted octanol–water partition coefficient (Wildman–Crippen LogP) is 3.72. The second-order valence-electron chi connectivity index (χ2n) is 2.69. The minimum atomic E-state index is 0.0544. The SMILES string of the molecule is C=CC(C)(CBr)CC(=C)Cl. The normalized spacial score (nSPS) is 15.9. The van der Waals surface area contributed by atoms with Crippen LogP contribution in [0.2, 0.25) is 0 Å². The van der Waals surface area contributed by atoms with E-state index in [1.165, 1.54) is 0 Å². The van der Waals surface area contributed by atoms with Crippen molar-refractivity contribution in [2.24, 2.45) is 5.41 Å². The van der Waals surface area contributed by atoms with Crippen molar-refractivity contribution in [3.05, 3.63) is 24.3 Å². The van der Waals surface area contributed by atoms with Gasteiger partial charge in [0.15, 0.2) is 0 Å². The van der Waals surface area contributed by atoms with Gasteiger partial charge in [0.2, 0.25) is 0 Å². The molecule has 1 atom stereocenters. The molecule has 0 aliphatic heterocycles. The Morgan fingerprint density at radius 2 is 2.30 bits per heavy atom. The quantitative estimate of drug-likeness (QED) is 0.503. The summed E-state index contributed by atoms with van der Waals surface area (Å²) < 4.78 is 0. The fourth-order valence-electron chi connectivity index (χ4n) is 0.612. The Morgan fingerprint density at radius 1 is 1.80 bits per heavy atom. The zero-order valence-corrected chi connectivity index (χ0v) is 8.50. The molecular weight excluding hydrogens is 211 g/mol. The Kier molecular flexibility index (Phi) is 4.30. The van der Waals surface area contributed by atoms with E-state index in [9.17, 15) is 0 Å². The molecule has 0 aliphatic rings. The van der Waals surface area contributed by atoms with Crippen LogP contribution < -0.4 is 0 Å². The van der Waals surface area contributed by atoms with Gasteiger partial charge in [-0.2, -0.15) is 0 Å². The third-order valence-corrected chi connectivity index (χ3v) is 2.81. The molecule has 0 spiro atoms. The van der Waals surface area contributed by atoms with Gasteiger partial charge in [0.1, 0.15) is 0 Å². The maximum absolute atomic E-state index is 5.66. The lowest BCUT2D eigenvalue weighted by Crippen LogP contribution is -2.13. The van der Waals surface area contributed by atoms with Crippen LogP contribution in [0.25, 0.3) is 0 Å². The first-order valence-corrected chi connectivity index (χ1v) is 4.57. The molecule has 0 nitrogen and oxygen atoms in total. The molecule has 0 aliphatic carbocycles. The first-order valence-electron chi connectivity index (χ1n) is 3.07. The predicted molar refractivity (Wildman–Crippen MR) is 51.7 cm³/mol. The first kappa shape index (κ1) is 10.2. The summed E-state index contributed by atoms with van der Waals surface area (Å²) in [5.74, 6) is 0. The standard InChI is InChI=1S/C8H12BrCl/c1-4-8(3,6-9)5-7(2)10/h4H,1-2,5-6H2,3H3. The molecular formula is C8H12BrCl. The summed E-state index contributed by atoms with van der Waals surface area (Å²) in [6, 6.07) is 0. The Hall–Kier alpha value is 0.250. The van der Waals surface area contributed by atoms with Crippen LogP contribution in [0.3, 0.4) is 0 Å². The summed E-state index contributed by atoms with van der Waals surface area (Å²) in [7, 11) is 0. The van der Waals surface area contributed by atoms with E-state index in [1.54, 1.807) is 0 Å². The van der Waals surface area contributed by atoms with Crippen LogP contribution in [0.15, 0.2) is 24.3 Å². The summed E-state index contributed by atoms with van der Waals surface area (Å²) in [5.41, 5.74) is 0.0544. The molecule has 0 amide bonds. The van der Waals surface area contributed by atoms with Gasteiger partial charge < -0.3 is 0 Å². The average Bonchev–Trinajstić information content (AvgIpc) is 1.87. The second kappa shape index (κ2) is 4.20. The van der Waals surface area contributed by atoms with Crippen LogP contribution in [-0.4, -0.2) is 5.33 Å². The number of hydrogen-bond acceptors (Lipinski definition) is 0. The molecule has 0 radical (unpaired) electrons. The summed E-state index contributed by atoms with van der Waals surface area (Å²) in [5, 5.41) is 1.55. The van der Waals surface area contributed by atoms with E-state index in [0.29, 0.717) is 5.03 Å². The van der Waals surface area contributed by atoms with Crippen molar-refractivity contribution in [1.82, 2.24) is 0 Å². The molecule has 0 N–H and O–H groups in total. The average molecular weight is 224 g/mol. The molecule has 2 heteroatoms. The smallest absolute Gasteiger partial charge is 0.0123 e. The van der Waals surface area contributed by atoms with E-state index in [1.807, 2.05) is 6.08 Å². The highest BCUT2D eigenvalue weighted by atomic mass is 79.9. The summed E-state index contributed by atoms with van der Waals surface area (Å²) in [4.78, 5) is 0. The zero-order chi connectivity index (χ0) is 8.20. The molecule has 0 fully saturated rings. The summed E-state index contributed by atoms with van der Waals surface area (Å²) >= 11 is 9.05. The van der Waals surface area contributed by atoms with Gasteiger partial charge in [-0.15, -0.1) is 6.58 Å². The van der Waals surface area contributed by atoms with E-state index in [4.69, 9.17) is 11.6 Å². The van der Waals surface area contributed by atoms with Gasteiger partial charge in [0, 0.05) is 10.4 Å². The fourth-order valence-corrected chi connectivity index (χ4v) is 1.34. The Labute approximate surface area is 76.1 Å². The number of alkyl halides is 1. The minimum Gasteiger partial charge on any atom is -0.102 e. The van der Waals surface area contributed by atoms with Crippen LogP contribution in [0.1, 0.15) is 13.3 Å². The van der Waals surface area contributed by atoms with Gasteiger partial charge >= 0.3 is 0 Å². The van der Waals surface area contributed by atoms with Crippen LogP contribution in [0.4, 0.5) is 0 Å². The first-order chi connectivity index (χ1) is 4.54. The number of rotatable bonds is 4. The summed E-state index contributed by atoms with van der Waals surface area (Å²) in [6.07, 6.45) is 2.68. The van der Waals surface area contributed by atoms with Crippen molar-refractivity contribution in [2.45, 2.75) is 13.3 Å². The van der Waals surface area contributed by atoms with Crippen LogP contribution in [0, 0.1) is 5.41 Å². The lowest BCUT2D eigenvalue weighted by Gasteiger charge is -2.21. The summed E-state index contributed by atoms with van der Waals surface area (Å²) in [6.45, 7) is 9.45. The van der Waals surface area contributed by atoms with Gasteiger partial charge in [-0.25, -0.2) is 0 Å². The Morgan fingerprint density at radius 3 is 2.40 bits per heavy atom. The van der Waals surface area contributed by atoms with Crippen molar-refractivity contribution < 1.29 is 0 Å². The highest BCUT2D eigenvalue weighted by Crippen LogP contribution is 2.29. The van der Waals surface area contributed by atoms with Crippen molar-refractivity contribution in [3.8, 4) is 0 Å². The van der Waals surface area contributed by atoms with Crippen LogP contribution in [0.5, 0.6) is 0 Å². The monoisotopic (exact) mass is 222 g/mol. The van der Waals surface area contributed by atoms with Gasteiger partial charge in [-0.05, 0) is 11.8 Å². The molecule has 0 aromatic carbocycles. The number of hydrogen-bond donors (Lipinski definition) is 0. The van der Waals surface area contributed by atoms with Crippen LogP contribution >= 0.6 is 27.5 Å². The van der Waals surface area contributed by atoms with Gasteiger partial charge in [0.05, 0.1) is 0 Å². The fraction of sp³-hybridized carbons (Fsp3) is 0.500. The van der Waals surface area contributed by atoms with E-state index >= 15 is 0 Å². The molecule has 0 heterocycles. The maximum Gasteiger partial charge on any atom is 0.0123 e. The van der Waals surface area contributed by atoms with Crippen LogP contribution in [-0.2, 0) is 0 Å². The number of allylic oxidation sites excluding steroid dienone is 2. The third-order valence-electron chi connectivity index (χ3n) is 1.39. The molecule has 0 rings (SSSR count). The molecule has 0 saturated heterocycles. The van der Waals surface area contributed by atoms with Gasteiger partial charge in [-0.1, -0.05) is 47.1 Å². The topological polar surface area (TPSA) is 0 Å². The number of halogens is 2. The van der Waals surface area contributed by atoms with E-state index in [0.717, 1.165) is 11.8 Å². The third kappa shape index (κ3) is 3.43. The van der Waals surface area contributed by atoms with Crippen molar-refractivity contribution in [1.29, 1.82) is 0 Å². The molecule has 0 aromatic rings. The zero-order valence-electron chi connectivity index (χ0n) is 6.16. The minimum absolute atomic E-state index is 0.0544. The molecule has 1 unspecified atom stereocenters. The van der Waals surface area contributed by atoms with E-state index < -0.39 is 0 Å². The second-order valence-corrected chi connectivity index (χ2v) is 3.78. The highest BCUT2D eigenvalue weighted by molar-refractivity contribution is 9.09. The molecule has 58 valence electrons. The van der Waals surface area contributed by atoms with Crippen molar-refractivity contribution in [3.63, 3.8) is 0 Å². The van der Waals surface area contributed by atoms with Gasteiger partial charge in [0.25, 0.3) is 0 Å². The maximum atomic E-state index is 5.66. The molecule has 0 saturated carbocycles. The molecule has 0 aromatic heterocycles. The van der Waals surface area contributed by atoms with E-state index in [-0.39, 0.29) is 5.41 Å².